The molecule has 0 bridgehead atoms. The molecule has 1 aliphatic heterocycles. The van der Waals surface area contributed by atoms with Gasteiger partial charge in [-0.25, -0.2) is 13.2 Å². The average molecular weight is 296 g/mol. The van der Waals surface area contributed by atoms with Crippen molar-refractivity contribution in [1.29, 1.82) is 0 Å². The van der Waals surface area contributed by atoms with E-state index >= 15 is 0 Å². The highest BCUT2D eigenvalue weighted by molar-refractivity contribution is 5.50. The molecule has 2 aromatic carbocycles. The fourth-order valence-electron chi connectivity index (χ4n) is 2.23. The highest BCUT2D eigenvalue weighted by Gasteiger charge is 2.25. The van der Waals surface area contributed by atoms with Crippen molar-refractivity contribution in [2.24, 2.45) is 0 Å². The highest BCUT2D eigenvalue weighted by atomic mass is 19.2. The van der Waals surface area contributed by atoms with Crippen molar-refractivity contribution in [1.82, 2.24) is 0 Å². The lowest BCUT2D eigenvalue weighted by molar-refractivity contribution is 0.157. The molecule has 0 radical (unpaired) electrons. The van der Waals surface area contributed by atoms with E-state index < -0.39 is 23.6 Å². The topological polar surface area (TPSA) is 38.7 Å². The zero-order valence-electron chi connectivity index (χ0n) is 10.8. The maximum atomic E-state index is 13.8. The standard InChI is InChI=1S/C15H11F3O3/c16-10-5-4-8(12(17)13(10)18)14(19)9-2-1-3-11-15(9)21-7-6-20-11/h1-5,14,19H,6-7H2. The number of hydrogen-bond acceptors (Lipinski definition) is 3. The molecule has 0 fully saturated rings. The van der Waals surface area contributed by atoms with Crippen LogP contribution >= 0.6 is 0 Å². The van der Waals surface area contributed by atoms with Gasteiger partial charge in [0.1, 0.15) is 19.3 Å². The third-order valence-electron chi connectivity index (χ3n) is 3.25. The average Bonchev–Trinajstić information content (AvgIpc) is 2.51. The van der Waals surface area contributed by atoms with Gasteiger partial charge in [0.2, 0.25) is 0 Å². The van der Waals surface area contributed by atoms with Crippen LogP contribution < -0.4 is 9.47 Å². The second kappa shape index (κ2) is 5.29. The van der Waals surface area contributed by atoms with Gasteiger partial charge < -0.3 is 14.6 Å². The lowest BCUT2D eigenvalue weighted by atomic mass is 9.99. The van der Waals surface area contributed by atoms with E-state index in [2.05, 4.69) is 0 Å². The van der Waals surface area contributed by atoms with E-state index in [1.165, 1.54) is 6.07 Å². The van der Waals surface area contributed by atoms with E-state index in [1.54, 1.807) is 12.1 Å². The molecule has 0 spiro atoms. The maximum Gasteiger partial charge on any atom is 0.194 e. The molecule has 1 atom stereocenters. The first kappa shape index (κ1) is 13.8. The largest absolute Gasteiger partial charge is 0.486 e. The summed E-state index contributed by atoms with van der Waals surface area (Å²) in [7, 11) is 0. The monoisotopic (exact) mass is 296 g/mol. The predicted octanol–water partition coefficient (Wildman–Crippen LogP) is 2.96. The Bertz CT molecular complexity index is 688. The number of para-hydroxylation sites is 1. The molecule has 3 rings (SSSR count). The quantitative estimate of drug-likeness (QED) is 0.866. The Morgan fingerprint density at radius 2 is 1.67 bits per heavy atom. The lowest BCUT2D eigenvalue weighted by Gasteiger charge is -2.23. The molecule has 1 unspecified atom stereocenters. The molecule has 6 heteroatoms. The Morgan fingerprint density at radius 1 is 0.905 bits per heavy atom. The van der Waals surface area contributed by atoms with Crippen LogP contribution in [0.4, 0.5) is 13.2 Å². The van der Waals surface area contributed by atoms with Crippen molar-refractivity contribution >= 4 is 0 Å². The predicted molar refractivity (Wildman–Crippen MR) is 67.8 cm³/mol. The number of ether oxygens (including phenoxy) is 2. The van der Waals surface area contributed by atoms with Gasteiger partial charge in [-0.2, -0.15) is 0 Å². The van der Waals surface area contributed by atoms with E-state index in [1.807, 2.05) is 0 Å². The fraction of sp³-hybridized carbons (Fsp3) is 0.200. The van der Waals surface area contributed by atoms with Crippen LogP contribution in [0.15, 0.2) is 30.3 Å². The van der Waals surface area contributed by atoms with Crippen molar-refractivity contribution < 1.29 is 27.8 Å². The highest BCUT2D eigenvalue weighted by Crippen LogP contribution is 2.39. The summed E-state index contributed by atoms with van der Waals surface area (Å²) in [5, 5.41) is 10.3. The van der Waals surface area contributed by atoms with Crippen molar-refractivity contribution in [2.45, 2.75) is 6.10 Å². The van der Waals surface area contributed by atoms with E-state index in [-0.39, 0.29) is 23.5 Å². The minimum atomic E-state index is -1.62. The van der Waals surface area contributed by atoms with Crippen LogP contribution in [0.1, 0.15) is 17.2 Å². The number of hydrogen-bond donors (Lipinski definition) is 1. The number of aliphatic hydroxyl groups excluding tert-OH is 1. The van der Waals surface area contributed by atoms with Crippen LogP contribution in [0.5, 0.6) is 11.5 Å². The van der Waals surface area contributed by atoms with Gasteiger partial charge in [-0.1, -0.05) is 18.2 Å². The third kappa shape index (κ3) is 2.31. The van der Waals surface area contributed by atoms with Crippen LogP contribution in [0, 0.1) is 17.5 Å². The fourth-order valence-corrected chi connectivity index (χ4v) is 2.23. The number of benzene rings is 2. The first-order chi connectivity index (χ1) is 10.1. The van der Waals surface area contributed by atoms with Gasteiger partial charge in [-0.15, -0.1) is 0 Å². The summed E-state index contributed by atoms with van der Waals surface area (Å²) in [6.45, 7) is 0.656. The summed E-state index contributed by atoms with van der Waals surface area (Å²) in [5.41, 5.74) is -0.131. The van der Waals surface area contributed by atoms with E-state index in [0.29, 0.717) is 12.4 Å². The second-order valence-electron chi connectivity index (χ2n) is 4.54. The summed E-state index contributed by atoms with van der Waals surface area (Å²) >= 11 is 0. The lowest BCUT2D eigenvalue weighted by Crippen LogP contribution is -2.18. The molecule has 1 heterocycles. The molecule has 0 saturated carbocycles. The third-order valence-corrected chi connectivity index (χ3v) is 3.25. The molecule has 3 nitrogen and oxygen atoms in total. The van der Waals surface area contributed by atoms with Gasteiger partial charge >= 0.3 is 0 Å². The summed E-state index contributed by atoms with van der Waals surface area (Å²) in [6, 6.07) is 6.53. The SMILES string of the molecule is OC(c1ccc(F)c(F)c1F)c1cccc2c1OCCO2. The molecule has 2 aromatic rings. The first-order valence-corrected chi connectivity index (χ1v) is 6.29. The Labute approximate surface area is 118 Å². The molecular formula is C15H11F3O3. The Morgan fingerprint density at radius 3 is 2.48 bits per heavy atom. The molecule has 0 amide bonds. The van der Waals surface area contributed by atoms with Gasteiger partial charge in [0.15, 0.2) is 29.0 Å². The van der Waals surface area contributed by atoms with Crippen molar-refractivity contribution in [3.63, 3.8) is 0 Å². The summed E-state index contributed by atoms with van der Waals surface area (Å²) in [6.07, 6.45) is -1.49. The molecule has 110 valence electrons. The van der Waals surface area contributed by atoms with Crippen molar-refractivity contribution in [2.75, 3.05) is 13.2 Å². The molecule has 21 heavy (non-hydrogen) atoms. The smallest absolute Gasteiger partial charge is 0.194 e. The molecule has 1 aliphatic rings. The Balaban J connectivity index is 2.07. The normalized spacial score (nSPS) is 14.9. The van der Waals surface area contributed by atoms with Crippen LogP contribution in [0.3, 0.4) is 0 Å². The van der Waals surface area contributed by atoms with Gasteiger partial charge in [-0.3, -0.25) is 0 Å². The summed E-state index contributed by atoms with van der Waals surface area (Å²) in [4.78, 5) is 0. The van der Waals surface area contributed by atoms with Gasteiger partial charge in [-0.05, 0) is 12.1 Å². The maximum absolute atomic E-state index is 13.8. The van der Waals surface area contributed by atoms with Crippen molar-refractivity contribution in [3.05, 3.63) is 58.9 Å². The van der Waals surface area contributed by atoms with E-state index in [9.17, 15) is 18.3 Å². The Hall–Kier alpha value is -2.21. The van der Waals surface area contributed by atoms with Gasteiger partial charge in [0, 0.05) is 11.1 Å². The van der Waals surface area contributed by atoms with Crippen LogP contribution in [0.25, 0.3) is 0 Å². The van der Waals surface area contributed by atoms with Crippen LogP contribution in [-0.2, 0) is 0 Å². The molecule has 0 saturated heterocycles. The minimum absolute atomic E-state index is 0.233. The zero-order valence-corrected chi connectivity index (χ0v) is 10.8. The molecule has 0 aromatic heterocycles. The van der Waals surface area contributed by atoms with Gasteiger partial charge in [0.25, 0.3) is 0 Å². The molecule has 1 N–H and O–H groups in total. The first-order valence-electron chi connectivity index (χ1n) is 6.29. The second-order valence-corrected chi connectivity index (χ2v) is 4.54. The number of halogens is 3. The van der Waals surface area contributed by atoms with Crippen LogP contribution in [-0.4, -0.2) is 18.3 Å². The summed E-state index contributed by atoms with van der Waals surface area (Å²) < 4.78 is 50.8. The van der Waals surface area contributed by atoms with Crippen LogP contribution in [0.2, 0.25) is 0 Å². The molecule has 0 aliphatic carbocycles. The number of rotatable bonds is 2. The Kier molecular flexibility index (Phi) is 3.47. The van der Waals surface area contributed by atoms with Gasteiger partial charge in [0.05, 0.1) is 0 Å². The summed E-state index contributed by atoms with van der Waals surface area (Å²) in [5.74, 6) is -3.65. The number of fused-ring (bicyclic) bond motifs is 1. The molecular weight excluding hydrogens is 285 g/mol. The zero-order chi connectivity index (χ0) is 15.0. The van der Waals surface area contributed by atoms with E-state index in [4.69, 9.17) is 9.47 Å². The van der Waals surface area contributed by atoms with E-state index in [0.717, 1.165) is 12.1 Å². The number of aliphatic hydroxyl groups is 1. The minimum Gasteiger partial charge on any atom is -0.486 e. The van der Waals surface area contributed by atoms with Crippen molar-refractivity contribution in [3.8, 4) is 11.5 Å².